The summed E-state index contributed by atoms with van der Waals surface area (Å²) in [6.45, 7) is 3.29. The summed E-state index contributed by atoms with van der Waals surface area (Å²) in [6, 6.07) is 1.68. The number of Topliss-reactive ketones (excluding diaryl/α,β-unsaturated/α-hetero) is 1. The van der Waals surface area contributed by atoms with Crippen LogP contribution in [0.15, 0.2) is 6.07 Å². The molecule has 1 heterocycles. The maximum Gasteiger partial charge on any atom is 0.269 e. The third-order valence-electron chi connectivity index (χ3n) is 1.73. The van der Waals surface area contributed by atoms with E-state index >= 15 is 0 Å². The molecule has 0 saturated heterocycles. The Morgan fingerprint density at radius 2 is 2.21 bits per heavy atom. The minimum atomic E-state index is -0.275. The first-order chi connectivity index (χ1) is 6.50. The van der Waals surface area contributed by atoms with Crippen LogP contribution >= 0.6 is 0 Å². The van der Waals surface area contributed by atoms with Crippen LogP contribution in [0.4, 0.5) is 0 Å². The predicted octanol–water partition coefficient (Wildman–Crippen LogP) is 0.0473. The minimum Gasteiger partial charge on any atom is -0.344 e. The van der Waals surface area contributed by atoms with Gasteiger partial charge in [-0.15, -0.1) is 0 Å². The largest absolute Gasteiger partial charge is 0.344 e. The van der Waals surface area contributed by atoms with Crippen LogP contribution in [-0.2, 0) is 11.8 Å². The van der Waals surface area contributed by atoms with E-state index in [-0.39, 0.29) is 18.2 Å². The van der Waals surface area contributed by atoms with Gasteiger partial charge in [0.1, 0.15) is 11.5 Å². The Kier molecular flexibility index (Phi) is 3.01. The van der Waals surface area contributed by atoms with Gasteiger partial charge < -0.3 is 5.32 Å². The molecule has 14 heavy (non-hydrogen) atoms. The van der Waals surface area contributed by atoms with Gasteiger partial charge in [-0.05, 0) is 19.9 Å². The molecule has 5 heteroatoms. The van der Waals surface area contributed by atoms with Crippen LogP contribution in [-0.4, -0.2) is 28.0 Å². The van der Waals surface area contributed by atoms with Gasteiger partial charge >= 0.3 is 0 Å². The van der Waals surface area contributed by atoms with Crippen LogP contribution in [0.2, 0.25) is 0 Å². The highest BCUT2D eigenvalue weighted by molar-refractivity contribution is 5.95. The molecule has 0 bridgehead atoms. The van der Waals surface area contributed by atoms with Crippen molar-refractivity contribution in [3.63, 3.8) is 0 Å². The molecule has 1 aromatic heterocycles. The van der Waals surface area contributed by atoms with Gasteiger partial charge in [0.2, 0.25) is 0 Å². The molecule has 0 radical (unpaired) electrons. The lowest BCUT2D eigenvalue weighted by molar-refractivity contribution is -0.116. The number of nitrogens with one attached hydrogen (secondary N) is 1. The molecule has 1 amide bonds. The van der Waals surface area contributed by atoms with Crippen LogP contribution in [0.25, 0.3) is 0 Å². The van der Waals surface area contributed by atoms with Gasteiger partial charge in [0.05, 0.1) is 12.2 Å². The molecule has 76 valence electrons. The zero-order chi connectivity index (χ0) is 10.7. The number of carbonyl (C=O) groups excluding carboxylic acids is 2. The summed E-state index contributed by atoms with van der Waals surface area (Å²) in [6.07, 6.45) is 0. The molecule has 0 aliphatic carbocycles. The lowest BCUT2D eigenvalue weighted by Gasteiger charge is -2.01. The van der Waals surface area contributed by atoms with Crippen molar-refractivity contribution in [1.29, 1.82) is 0 Å². The normalized spacial score (nSPS) is 9.93. The topological polar surface area (TPSA) is 64.0 Å². The monoisotopic (exact) mass is 195 g/mol. The molecule has 0 spiro atoms. The third kappa shape index (κ3) is 2.42. The lowest BCUT2D eigenvalue weighted by atomic mass is 10.3. The summed E-state index contributed by atoms with van der Waals surface area (Å²) in [5.74, 6) is -0.347. The van der Waals surface area contributed by atoms with Crippen LogP contribution < -0.4 is 5.32 Å². The zero-order valence-corrected chi connectivity index (χ0v) is 8.50. The Morgan fingerprint density at radius 3 is 2.64 bits per heavy atom. The molecule has 0 saturated carbocycles. The number of amides is 1. The summed E-state index contributed by atoms with van der Waals surface area (Å²) in [7, 11) is 1.69. The second-order valence-electron chi connectivity index (χ2n) is 3.18. The number of nitrogens with zero attached hydrogens (tertiary/aromatic N) is 2. The Balaban J connectivity index is 2.69. The van der Waals surface area contributed by atoms with Crippen molar-refractivity contribution in [3.05, 3.63) is 17.5 Å². The fraction of sp³-hybridized carbons (Fsp3) is 0.444. The van der Waals surface area contributed by atoms with E-state index in [1.807, 2.05) is 6.92 Å². The van der Waals surface area contributed by atoms with Crippen molar-refractivity contribution >= 4 is 11.7 Å². The lowest BCUT2D eigenvalue weighted by Crippen LogP contribution is -2.29. The number of aromatic nitrogens is 2. The quantitative estimate of drug-likeness (QED) is 0.741. The Morgan fingerprint density at radius 1 is 1.57 bits per heavy atom. The highest BCUT2D eigenvalue weighted by Gasteiger charge is 2.11. The van der Waals surface area contributed by atoms with Gasteiger partial charge in [-0.2, -0.15) is 5.10 Å². The van der Waals surface area contributed by atoms with Crippen LogP contribution in [0, 0.1) is 6.92 Å². The molecule has 0 aliphatic heterocycles. The SMILES string of the molecule is CC(=O)CNC(=O)c1cc(C)nn1C. The number of carbonyl (C=O) groups is 2. The second-order valence-corrected chi connectivity index (χ2v) is 3.18. The van der Waals surface area contributed by atoms with Gasteiger partial charge in [-0.25, -0.2) is 0 Å². The average molecular weight is 195 g/mol. The number of hydrogen-bond donors (Lipinski definition) is 1. The van der Waals surface area contributed by atoms with E-state index in [0.29, 0.717) is 5.69 Å². The molecule has 0 unspecified atom stereocenters. The fourth-order valence-electron chi connectivity index (χ4n) is 1.12. The van der Waals surface area contributed by atoms with Crippen molar-refractivity contribution < 1.29 is 9.59 Å². The summed E-state index contributed by atoms with van der Waals surface area (Å²) in [5, 5.41) is 6.53. The molecular weight excluding hydrogens is 182 g/mol. The highest BCUT2D eigenvalue weighted by atomic mass is 16.2. The van der Waals surface area contributed by atoms with E-state index in [0.717, 1.165) is 5.69 Å². The van der Waals surface area contributed by atoms with Gasteiger partial charge in [0.15, 0.2) is 0 Å². The van der Waals surface area contributed by atoms with Gasteiger partial charge in [0, 0.05) is 7.05 Å². The van der Waals surface area contributed by atoms with Gasteiger partial charge in [-0.3, -0.25) is 14.3 Å². The van der Waals surface area contributed by atoms with Crippen LogP contribution in [0.1, 0.15) is 23.1 Å². The third-order valence-corrected chi connectivity index (χ3v) is 1.73. The molecule has 0 fully saturated rings. The van der Waals surface area contributed by atoms with Gasteiger partial charge in [-0.1, -0.05) is 0 Å². The summed E-state index contributed by atoms with van der Waals surface area (Å²) in [4.78, 5) is 22.1. The number of ketones is 1. The number of rotatable bonds is 3. The Labute approximate surface area is 82.1 Å². The number of aryl methyl sites for hydroxylation is 2. The Bertz CT molecular complexity index is 368. The van der Waals surface area contributed by atoms with Crippen molar-refractivity contribution in [2.75, 3.05) is 6.54 Å². The average Bonchev–Trinajstić information content (AvgIpc) is 2.41. The zero-order valence-electron chi connectivity index (χ0n) is 8.50. The van der Waals surface area contributed by atoms with Crippen LogP contribution in [0.3, 0.4) is 0 Å². The fourth-order valence-corrected chi connectivity index (χ4v) is 1.12. The predicted molar refractivity (Wildman–Crippen MR) is 51.0 cm³/mol. The Hall–Kier alpha value is -1.65. The van der Waals surface area contributed by atoms with E-state index in [2.05, 4.69) is 10.4 Å². The molecule has 5 nitrogen and oxygen atoms in total. The van der Waals surface area contributed by atoms with Crippen molar-refractivity contribution in [3.8, 4) is 0 Å². The minimum absolute atomic E-state index is 0.0586. The second kappa shape index (κ2) is 4.04. The first kappa shape index (κ1) is 10.4. The number of hydrogen-bond acceptors (Lipinski definition) is 3. The summed E-state index contributed by atoms with van der Waals surface area (Å²) >= 11 is 0. The van der Waals surface area contributed by atoms with Crippen molar-refractivity contribution in [1.82, 2.24) is 15.1 Å². The van der Waals surface area contributed by atoms with E-state index in [9.17, 15) is 9.59 Å². The van der Waals surface area contributed by atoms with Gasteiger partial charge in [0.25, 0.3) is 5.91 Å². The standard InChI is InChI=1S/C9H13N3O2/c1-6-4-8(12(3)11-6)9(14)10-5-7(2)13/h4H,5H2,1-3H3,(H,10,14). The first-order valence-electron chi connectivity index (χ1n) is 4.29. The summed E-state index contributed by atoms with van der Waals surface area (Å²) in [5.41, 5.74) is 1.24. The van der Waals surface area contributed by atoms with Crippen LogP contribution in [0.5, 0.6) is 0 Å². The highest BCUT2D eigenvalue weighted by Crippen LogP contribution is 2.00. The molecule has 1 rings (SSSR count). The molecule has 0 atom stereocenters. The van der Waals surface area contributed by atoms with E-state index < -0.39 is 0 Å². The molecule has 1 aromatic rings. The van der Waals surface area contributed by atoms with Crippen molar-refractivity contribution in [2.45, 2.75) is 13.8 Å². The van der Waals surface area contributed by atoms with Crippen molar-refractivity contribution in [2.24, 2.45) is 7.05 Å². The van der Waals surface area contributed by atoms with E-state index in [1.165, 1.54) is 11.6 Å². The van der Waals surface area contributed by atoms with E-state index in [1.54, 1.807) is 13.1 Å². The molecular formula is C9H13N3O2. The maximum absolute atomic E-state index is 11.5. The first-order valence-corrected chi connectivity index (χ1v) is 4.29. The van der Waals surface area contributed by atoms with E-state index in [4.69, 9.17) is 0 Å². The molecule has 0 aliphatic rings. The molecule has 1 N–H and O–H groups in total. The smallest absolute Gasteiger partial charge is 0.269 e. The maximum atomic E-state index is 11.5. The molecule has 0 aromatic carbocycles. The summed E-state index contributed by atoms with van der Waals surface area (Å²) < 4.78 is 1.49.